The minimum absolute atomic E-state index is 0.189. The molecule has 0 saturated carbocycles. The Morgan fingerprint density at radius 1 is 1.19 bits per heavy atom. The number of nitrogens with two attached hydrogens (primary N) is 1. The second kappa shape index (κ2) is 6.01. The molecule has 7 heteroatoms. The lowest BCUT2D eigenvalue weighted by Gasteiger charge is -2.11. The molecule has 21 heavy (non-hydrogen) atoms. The van der Waals surface area contributed by atoms with Crippen LogP contribution in [-0.4, -0.2) is 19.7 Å². The maximum absolute atomic E-state index is 11.4. The van der Waals surface area contributed by atoms with Crippen LogP contribution in [0.5, 0.6) is 11.5 Å². The topological polar surface area (TPSA) is 69.4 Å². The van der Waals surface area contributed by atoms with E-state index < -0.39 is 9.84 Å². The van der Waals surface area contributed by atoms with Crippen molar-refractivity contribution in [2.24, 2.45) is 5.73 Å². The van der Waals surface area contributed by atoms with E-state index in [0.717, 1.165) is 6.26 Å². The molecule has 0 aliphatic rings. The number of rotatable bonds is 4. The molecular formula is C14H12ClNO3S2. The largest absolute Gasteiger partial charge is 0.457 e. The highest BCUT2D eigenvalue weighted by molar-refractivity contribution is 7.90. The van der Waals surface area contributed by atoms with Crippen molar-refractivity contribution >= 4 is 38.6 Å². The first kappa shape index (κ1) is 15.8. The highest BCUT2D eigenvalue weighted by Gasteiger charge is 2.10. The molecule has 0 saturated heterocycles. The summed E-state index contributed by atoms with van der Waals surface area (Å²) in [5, 5.41) is 0.484. The summed E-state index contributed by atoms with van der Waals surface area (Å²) in [4.78, 5) is 0.407. The van der Waals surface area contributed by atoms with Gasteiger partial charge in [0.15, 0.2) is 9.84 Å². The van der Waals surface area contributed by atoms with Crippen molar-refractivity contribution in [2.75, 3.05) is 6.26 Å². The molecule has 2 rings (SSSR count). The van der Waals surface area contributed by atoms with Crippen LogP contribution in [0.15, 0.2) is 47.4 Å². The van der Waals surface area contributed by atoms with Gasteiger partial charge in [-0.05, 0) is 36.4 Å². The Hall–Kier alpha value is -1.63. The van der Waals surface area contributed by atoms with Gasteiger partial charge in [-0.3, -0.25) is 0 Å². The minimum Gasteiger partial charge on any atom is -0.457 e. The zero-order valence-electron chi connectivity index (χ0n) is 11.0. The van der Waals surface area contributed by atoms with E-state index in [9.17, 15) is 8.42 Å². The highest BCUT2D eigenvalue weighted by Crippen LogP contribution is 2.29. The number of benzene rings is 2. The van der Waals surface area contributed by atoms with Crippen LogP contribution in [-0.2, 0) is 9.84 Å². The van der Waals surface area contributed by atoms with Crippen molar-refractivity contribution in [1.29, 1.82) is 0 Å². The van der Waals surface area contributed by atoms with Crippen molar-refractivity contribution in [3.63, 3.8) is 0 Å². The summed E-state index contributed by atoms with van der Waals surface area (Å²) < 4.78 is 28.5. The first-order valence-electron chi connectivity index (χ1n) is 5.85. The van der Waals surface area contributed by atoms with Gasteiger partial charge in [0, 0.05) is 17.3 Å². The maximum Gasteiger partial charge on any atom is 0.175 e. The number of sulfone groups is 1. The normalized spacial score (nSPS) is 11.1. The first-order valence-corrected chi connectivity index (χ1v) is 8.52. The molecule has 0 bridgehead atoms. The molecule has 0 atom stereocenters. The molecule has 0 fully saturated rings. The Balaban J connectivity index is 2.34. The van der Waals surface area contributed by atoms with Crippen molar-refractivity contribution in [2.45, 2.75) is 4.90 Å². The molecule has 0 amide bonds. The van der Waals surface area contributed by atoms with E-state index in [-0.39, 0.29) is 9.88 Å². The van der Waals surface area contributed by atoms with Crippen LogP contribution in [0.2, 0.25) is 5.02 Å². The Kier molecular flexibility index (Phi) is 4.51. The summed E-state index contributed by atoms with van der Waals surface area (Å²) in [5.41, 5.74) is 6.19. The highest BCUT2D eigenvalue weighted by atomic mass is 35.5. The summed E-state index contributed by atoms with van der Waals surface area (Å²) in [6, 6.07) is 11.0. The van der Waals surface area contributed by atoms with Crippen molar-refractivity contribution in [3.8, 4) is 11.5 Å². The smallest absolute Gasteiger partial charge is 0.175 e. The van der Waals surface area contributed by atoms with Gasteiger partial charge in [0.1, 0.15) is 16.5 Å². The summed E-state index contributed by atoms with van der Waals surface area (Å²) in [7, 11) is -3.24. The summed E-state index contributed by atoms with van der Waals surface area (Å²) >= 11 is 10.9. The van der Waals surface area contributed by atoms with Gasteiger partial charge >= 0.3 is 0 Å². The standard InChI is InChI=1S/C14H12ClNO3S2/c1-21(17,18)11-5-3-10(4-6-11)19-13-8-9(15)2-7-12(13)14(16)20/h2-8H,1H3,(H2,16,20). The van der Waals surface area contributed by atoms with Crippen LogP contribution in [0.4, 0.5) is 0 Å². The van der Waals surface area contributed by atoms with Gasteiger partial charge in [-0.25, -0.2) is 8.42 Å². The predicted octanol–water partition coefficient (Wildman–Crippen LogP) is 3.17. The molecule has 2 N–H and O–H groups in total. The van der Waals surface area contributed by atoms with Gasteiger partial charge in [0.05, 0.1) is 10.5 Å². The van der Waals surface area contributed by atoms with Crippen LogP contribution in [0, 0.1) is 0 Å². The van der Waals surface area contributed by atoms with Gasteiger partial charge in [-0.1, -0.05) is 23.8 Å². The molecule has 0 spiro atoms. The lowest BCUT2D eigenvalue weighted by Crippen LogP contribution is -2.10. The molecule has 4 nitrogen and oxygen atoms in total. The molecule has 0 aliphatic carbocycles. The lowest BCUT2D eigenvalue weighted by molar-refractivity contribution is 0.481. The molecule has 110 valence electrons. The first-order chi connectivity index (χ1) is 9.77. The third-order valence-electron chi connectivity index (χ3n) is 2.69. The fourth-order valence-corrected chi connectivity index (χ4v) is 2.63. The van der Waals surface area contributed by atoms with Crippen LogP contribution < -0.4 is 10.5 Å². The predicted molar refractivity (Wildman–Crippen MR) is 87.0 cm³/mol. The average Bonchev–Trinajstić information content (AvgIpc) is 2.38. The van der Waals surface area contributed by atoms with Crippen molar-refractivity contribution in [1.82, 2.24) is 0 Å². The van der Waals surface area contributed by atoms with Crippen molar-refractivity contribution < 1.29 is 13.2 Å². The fourth-order valence-electron chi connectivity index (χ4n) is 1.67. The molecule has 0 heterocycles. The lowest BCUT2D eigenvalue weighted by atomic mass is 10.2. The third kappa shape index (κ3) is 3.93. The van der Waals surface area contributed by atoms with Crippen LogP contribution >= 0.6 is 23.8 Å². The number of thiocarbonyl (C=S) groups is 1. The molecule has 0 radical (unpaired) electrons. The van der Waals surface area contributed by atoms with E-state index in [1.807, 2.05) is 0 Å². The monoisotopic (exact) mass is 341 g/mol. The van der Waals surface area contributed by atoms with Gasteiger partial charge in [0.2, 0.25) is 0 Å². The number of hydrogen-bond acceptors (Lipinski definition) is 4. The van der Waals surface area contributed by atoms with E-state index in [2.05, 4.69) is 0 Å². The quantitative estimate of drug-likeness (QED) is 0.865. The zero-order valence-corrected chi connectivity index (χ0v) is 13.4. The Morgan fingerprint density at radius 2 is 1.81 bits per heavy atom. The van der Waals surface area contributed by atoms with Crippen LogP contribution in [0.25, 0.3) is 0 Å². The van der Waals surface area contributed by atoms with Gasteiger partial charge < -0.3 is 10.5 Å². The molecule has 2 aromatic carbocycles. The number of halogens is 1. The summed E-state index contributed by atoms with van der Waals surface area (Å²) in [5.74, 6) is 0.879. The molecule has 0 unspecified atom stereocenters. The van der Waals surface area contributed by atoms with Gasteiger partial charge in [-0.2, -0.15) is 0 Å². The van der Waals surface area contributed by atoms with Crippen molar-refractivity contribution in [3.05, 3.63) is 53.1 Å². The molecular weight excluding hydrogens is 330 g/mol. The van der Waals surface area contributed by atoms with E-state index in [1.165, 1.54) is 12.1 Å². The van der Waals surface area contributed by atoms with Crippen LogP contribution in [0.3, 0.4) is 0 Å². The average molecular weight is 342 g/mol. The molecule has 0 aromatic heterocycles. The second-order valence-corrected chi connectivity index (χ2v) is 7.24. The summed E-state index contributed by atoms with van der Waals surface area (Å²) in [6.45, 7) is 0. The third-order valence-corrected chi connectivity index (χ3v) is 4.27. The number of hydrogen-bond donors (Lipinski definition) is 1. The molecule has 0 aliphatic heterocycles. The molecule has 2 aromatic rings. The fraction of sp³-hybridized carbons (Fsp3) is 0.0714. The number of ether oxygens (including phenoxy) is 1. The Labute approximate surface area is 133 Å². The van der Waals surface area contributed by atoms with Crippen LogP contribution in [0.1, 0.15) is 5.56 Å². The van der Waals surface area contributed by atoms with Gasteiger partial charge in [-0.15, -0.1) is 0 Å². The Bertz CT molecular complexity index is 786. The van der Waals surface area contributed by atoms with Gasteiger partial charge in [0.25, 0.3) is 0 Å². The van der Waals surface area contributed by atoms with E-state index >= 15 is 0 Å². The van der Waals surface area contributed by atoms with E-state index in [0.29, 0.717) is 22.1 Å². The van der Waals surface area contributed by atoms with E-state index in [4.69, 9.17) is 34.3 Å². The van der Waals surface area contributed by atoms with E-state index in [1.54, 1.807) is 30.3 Å². The Morgan fingerprint density at radius 3 is 2.33 bits per heavy atom. The maximum atomic E-state index is 11.4. The minimum atomic E-state index is -3.24. The second-order valence-electron chi connectivity index (χ2n) is 4.35. The SMILES string of the molecule is CS(=O)(=O)c1ccc(Oc2cc(Cl)ccc2C(N)=S)cc1. The summed E-state index contributed by atoms with van der Waals surface area (Å²) in [6.07, 6.45) is 1.14. The zero-order chi connectivity index (χ0) is 15.6.